The Morgan fingerprint density at radius 2 is 1.63 bits per heavy atom. The van der Waals surface area contributed by atoms with Gasteiger partial charge in [0.25, 0.3) is 0 Å². The first kappa shape index (κ1) is 19.4. The number of aryl methyl sites for hydroxylation is 1. The minimum atomic E-state index is 0.265. The standard InChI is InChI=1S/C23H30N2O2/c1-19(18-21-6-4-3-5-7-21)24-14-16-25(17-15-24)23(26)13-10-20-8-11-22(27-2)12-9-20/h3-9,11-12,19H,10,13-18H2,1-2H3. The van der Waals surface area contributed by atoms with Crippen molar-refractivity contribution < 1.29 is 9.53 Å². The highest BCUT2D eigenvalue weighted by Gasteiger charge is 2.23. The summed E-state index contributed by atoms with van der Waals surface area (Å²) in [6.45, 7) is 5.87. The van der Waals surface area contributed by atoms with E-state index in [4.69, 9.17) is 4.74 Å². The zero-order valence-electron chi connectivity index (χ0n) is 16.4. The Labute approximate surface area is 162 Å². The second kappa shape index (κ2) is 9.56. The van der Waals surface area contributed by atoms with Crippen molar-refractivity contribution in [2.75, 3.05) is 33.3 Å². The van der Waals surface area contributed by atoms with Gasteiger partial charge < -0.3 is 9.64 Å². The maximum absolute atomic E-state index is 12.5. The largest absolute Gasteiger partial charge is 0.497 e. The molecule has 0 aromatic heterocycles. The van der Waals surface area contributed by atoms with Gasteiger partial charge in [0.1, 0.15) is 5.75 Å². The molecule has 0 aliphatic carbocycles. The molecule has 1 aliphatic heterocycles. The molecule has 1 fully saturated rings. The van der Waals surface area contributed by atoms with E-state index < -0.39 is 0 Å². The molecule has 2 aromatic rings. The zero-order valence-corrected chi connectivity index (χ0v) is 16.4. The van der Waals surface area contributed by atoms with Crippen molar-refractivity contribution >= 4 is 5.91 Å². The normalized spacial score (nSPS) is 16.1. The fraction of sp³-hybridized carbons (Fsp3) is 0.435. The van der Waals surface area contributed by atoms with Crippen LogP contribution in [0.3, 0.4) is 0 Å². The van der Waals surface area contributed by atoms with Crippen LogP contribution in [0.4, 0.5) is 0 Å². The summed E-state index contributed by atoms with van der Waals surface area (Å²) in [6.07, 6.45) is 2.42. The summed E-state index contributed by atoms with van der Waals surface area (Å²) < 4.78 is 5.18. The topological polar surface area (TPSA) is 32.8 Å². The van der Waals surface area contributed by atoms with Gasteiger partial charge in [-0.15, -0.1) is 0 Å². The van der Waals surface area contributed by atoms with Crippen molar-refractivity contribution in [3.05, 3.63) is 65.7 Å². The van der Waals surface area contributed by atoms with Gasteiger partial charge in [-0.25, -0.2) is 0 Å². The molecule has 1 atom stereocenters. The number of hydrogen-bond acceptors (Lipinski definition) is 3. The molecule has 1 aliphatic rings. The smallest absolute Gasteiger partial charge is 0.222 e. The monoisotopic (exact) mass is 366 g/mol. The number of methoxy groups -OCH3 is 1. The van der Waals surface area contributed by atoms with Gasteiger partial charge >= 0.3 is 0 Å². The van der Waals surface area contributed by atoms with E-state index in [0.717, 1.165) is 44.8 Å². The van der Waals surface area contributed by atoms with Crippen LogP contribution in [0.2, 0.25) is 0 Å². The molecule has 4 nitrogen and oxygen atoms in total. The summed E-state index contributed by atoms with van der Waals surface area (Å²) in [7, 11) is 1.67. The maximum Gasteiger partial charge on any atom is 0.222 e. The summed E-state index contributed by atoms with van der Waals surface area (Å²) in [5, 5.41) is 0. The molecule has 0 bridgehead atoms. The van der Waals surface area contributed by atoms with E-state index in [-0.39, 0.29) is 5.91 Å². The molecular weight excluding hydrogens is 336 g/mol. The Balaban J connectivity index is 1.42. The summed E-state index contributed by atoms with van der Waals surface area (Å²) in [5.41, 5.74) is 2.56. The minimum absolute atomic E-state index is 0.265. The quantitative estimate of drug-likeness (QED) is 0.753. The SMILES string of the molecule is COc1ccc(CCC(=O)N2CCN(C(C)Cc3ccccc3)CC2)cc1. The number of carbonyl (C=O) groups excluding carboxylic acids is 1. The van der Waals surface area contributed by atoms with Crippen LogP contribution in [-0.2, 0) is 17.6 Å². The van der Waals surface area contributed by atoms with Crippen LogP contribution in [-0.4, -0.2) is 55.0 Å². The lowest BCUT2D eigenvalue weighted by molar-refractivity contribution is -0.133. The van der Waals surface area contributed by atoms with E-state index >= 15 is 0 Å². The van der Waals surface area contributed by atoms with Crippen molar-refractivity contribution in [3.8, 4) is 5.75 Å². The summed E-state index contributed by atoms with van der Waals surface area (Å²) >= 11 is 0. The number of amides is 1. The van der Waals surface area contributed by atoms with Crippen LogP contribution >= 0.6 is 0 Å². The number of nitrogens with zero attached hydrogens (tertiary/aromatic N) is 2. The molecule has 0 spiro atoms. The molecule has 2 aromatic carbocycles. The van der Waals surface area contributed by atoms with Gasteiger partial charge in [-0.2, -0.15) is 0 Å². The lowest BCUT2D eigenvalue weighted by atomic mass is 10.1. The van der Waals surface area contributed by atoms with E-state index in [0.29, 0.717) is 12.5 Å². The van der Waals surface area contributed by atoms with Gasteiger partial charge in [-0.1, -0.05) is 42.5 Å². The molecule has 27 heavy (non-hydrogen) atoms. The van der Waals surface area contributed by atoms with E-state index in [1.807, 2.05) is 29.2 Å². The first-order valence-electron chi connectivity index (χ1n) is 9.84. The van der Waals surface area contributed by atoms with Gasteiger partial charge in [-0.05, 0) is 43.0 Å². The lowest BCUT2D eigenvalue weighted by Gasteiger charge is -2.38. The minimum Gasteiger partial charge on any atom is -0.497 e. The van der Waals surface area contributed by atoms with Crippen LogP contribution in [0.15, 0.2) is 54.6 Å². The van der Waals surface area contributed by atoms with Gasteiger partial charge in [0.2, 0.25) is 5.91 Å². The van der Waals surface area contributed by atoms with Crippen molar-refractivity contribution in [1.29, 1.82) is 0 Å². The number of piperazine rings is 1. The van der Waals surface area contributed by atoms with E-state index in [9.17, 15) is 4.79 Å². The fourth-order valence-electron chi connectivity index (χ4n) is 3.70. The first-order valence-corrected chi connectivity index (χ1v) is 9.84. The third kappa shape index (κ3) is 5.57. The van der Waals surface area contributed by atoms with E-state index in [1.54, 1.807) is 7.11 Å². The van der Waals surface area contributed by atoms with Crippen molar-refractivity contribution in [2.45, 2.75) is 32.2 Å². The Morgan fingerprint density at radius 3 is 2.26 bits per heavy atom. The molecule has 1 heterocycles. The number of rotatable bonds is 7. The lowest BCUT2D eigenvalue weighted by Crippen LogP contribution is -2.51. The summed E-state index contributed by atoms with van der Waals surface area (Å²) in [6, 6.07) is 19.1. The molecule has 3 rings (SSSR count). The molecule has 144 valence electrons. The zero-order chi connectivity index (χ0) is 19.1. The van der Waals surface area contributed by atoms with E-state index in [2.05, 4.69) is 42.2 Å². The average Bonchev–Trinajstić information content (AvgIpc) is 2.73. The summed E-state index contributed by atoms with van der Waals surface area (Å²) in [4.78, 5) is 17.1. The van der Waals surface area contributed by atoms with Gasteiger partial charge in [0.15, 0.2) is 0 Å². The molecule has 1 saturated heterocycles. The highest BCUT2D eigenvalue weighted by Crippen LogP contribution is 2.15. The molecule has 1 unspecified atom stereocenters. The molecule has 0 radical (unpaired) electrons. The molecule has 4 heteroatoms. The Kier molecular flexibility index (Phi) is 6.88. The Hall–Kier alpha value is -2.33. The molecular formula is C23H30N2O2. The van der Waals surface area contributed by atoms with Crippen LogP contribution in [0.5, 0.6) is 5.75 Å². The summed E-state index contributed by atoms with van der Waals surface area (Å²) in [5.74, 6) is 1.12. The number of ether oxygens (including phenoxy) is 1. The predicted molar refractivity (Wildman–Crippen MR) is 109 cm³/mol. The number of carbonyl (C=O) groups is 1. The van der Waals surface area contributed by atoms with Crippen molar-refractivity contribution in [3.63, 3.8) is 0 Å². The van der Waals surface area contributed by atoms with Crippen LogP contribution in [0.1, 0.15) is 24.5 Å². The number of benzene rings is 2. The van der Waals surface area contributed by atoms with Crippen molar-refractivity contribution in [1.82, 2.24) is 9.80 Å². The van der Waals surface area contributed by atoms with Gasteiger partial charge in [0.05, 0.1) is 7.11 Å². The van der Waals surface area contributed by atoms with Crippen LogP contribution in [0, 0.1) is 0 Å². The van der Waals surface area contributed by atoms with Crippen LogP contribution in [0.25, 0.3) is 0 Å². The first-order chi connectivity index (χ1) is 13.2. The Morgan fingerprint density at radius 1 is 0.963 bits per heavy atom. The maximum atomic E-state index is 12.5. The third-order valence-electron chi connectivity index (χ3n) is 5.45. The molecule has 1 amide bonds. The molecule has 0 N–H and O–H groups in total. The van der Waals surface area contributed by atoms with Crippen LogP contribution < -0.4 is 4.74 Å². The predicted octanol–water partition coefficient (Wildman–Crippen LogP) is 3.40. The average molecular weight is 367 g/mol. The highest BCUT2D eigenvalue weighted by molar-refractivity contribution is 5.76. The number of hydrogen-bond donors (Lipinski definition) is 0. The van der Waals surface area contributed by atoms with Gasteiger partial charge in [0, 0.05) is 38.6 Å². The highest BCUT2D eigenvalue weighted by atomic mass is 16.5. The fourth-order valence-corrected chi connectivity index (χ4v) is 3.70. The second-order valence-corrected chi connectivity index (χ2v) is 7.30. The van der Waals surface area contributed by atoms with Gasteiger partial charge in [-0.3, -0.25) is 9.69 Å². The third-order valence-corrected chi connectivity index (χ3v) is 5.45. The second-order valence-electron chi connectivity index (χ2n) is 7.30. The Bertz CT molecular complexity index is 707. The van der Waals surface area contributed by atoms with Crippen molar-refractivity contribution in [2.24, 2.45) is 0 Å². The molecule has 0 saturated carbocycles. The van der Waals surface area contributed by atoms with E-state index in [1.165, 1.54) is 11.1 Å².